The molecule has 80 valence electrons. The van der Waals surface area contributed by atoms with E-state index in [9.17, 15) is 0 Å². The molecule has 3 heteroatoms. The summed E-state index contributed by atoms with van der Waals surface area (Å²) in [7, 11) is 0. The SMILES string of the molecule is Cc1ccsc1Cc1c[nH]c2ncccc12. The highest BCUT2D eigenvalue weighted by Crippen LogP contribution is 2.24. The summed E-state index contributed by atoms with van der Waals surface area (Å²) in [6, 6.07) is 6.28. The fraction of sp³-hybridized carbons (Fsp3) is 0.154. The fourth-order valence-electron chi connectivity index (χ4n) is 1.92. The van der Waals surface area contributed by atoms with Gasteiger partial charge in [0.15, 0.2) is 0 Å². The molecule has 2 nitrogen and oxygen atoms in total. The van der Waals surface area contributed by atoms with Gasteiger partial charge in [0.2, 0.25) is 0 Å². The lowest BCUT2D eigenvalue weighted by Gasteiger charge is -1.98. The largest absolute Gasteiger partial charge is 0.346 e. The molecule has 0 unspecified atom stereocenters. The number of hydrogen-bond acceptors (Lipinski definition) is 2. The molecule has 0 aromatic carbocycles. The minimum absolute atomic E-state index is 0.978. The maximum atomic E-state index is 4.30. The molecule has 0 bridgehead atoms. The van der Waals surface area contributed by atoms with E-state index in [2.05, 4.69) is 40.6 Å². The third-order valence-corrected chi connectivity index (χ3v) is 3.88. The first-order valence-corrected chi connectivity index (χ1v) is 6.16. The Morgan fingerprint density at radius 2 is 2.31 bits per heavy atom. The van der Waals surface area contributed by atoms with Crippen LogP contribution in [0.3, 0.4) is 0 Å². The number of pyridine rings is 1. The third-order valence-electron chi connectivity index (χ3n) is 2.86. The highest BCUT2D eigenvalue weighted by molar-refractivity contribution is 7.10. The van der Waals surface area contributed by atoms with Crippen molar-refractivity contribution in [3.05, 3.63) is 52.0 Å². The van der Waals surface area contributed by atoms with Crippen molar-refractivity contribution in [3.63, 3.8) is 0 Å². The molecule has 0 aliphatic heterocycles. The Labute approximate surface area is 98.0 Å². The predicted octanol–water partition coefficient (Wildman–Crippen LogP) is 3.52. The lowest BCUT2D eigenvalue weighted by Crippen LogP contribution is -1.85. The maximum absolute atomic E-state index is 4.30. The zero-order valence-electron chi connectivity index (χ0n) is 9.03. The van der Waals surface area contributed by atoms with Crippen LogP contribution in [0.2, 0.25) is 0 Å². The number of hydrogen-bond donors (Lipinski definition) is 1. The van der Waals surface area contributed by atoms with Gasteiger partial charge >= 0.3 is 0 Å². The first kappa shape index (κ1) is 9.60. The van der Waals surface area contributed by atoms with Gasteiger partial charge in [-0.3, -0.25) is 0 Å². The molecule has 0 radical (unpaired) electrons. The summed E-state index contributed by atoms with van der Waals surface area (Å²) in [6.07, 6.45) is 4.88. The van der Waals surface area contributed by atoms with E-state index < -0.39 is 0 Å². The minimum atomic E-state index is 0.978. The average Bonchev–Trinajstić information content (AvgIpc) is 2.88. The van der Waals surface area contributed by atoms with Crippen molar-refractivity contribution in [2.45, 2.75) is 13.3 Å². The van der Waals surface area contributed by atoms with E-state index in [1.54, 1.807) is 0 Å². The van der Waals surface area contributed by atoms with Gasteiger partial charge in [-0.05, 0) is 41.6 Å². The molecular weight excluding hydrogens is 216 g/mol. The first-order chi connectivity index (χ1) is 7.84. The highest BCUT2D eigenvalue weighted by atomic mass is 32.1. The second kappa shape index (κ2) is 3.76. The van der Waals surface area contributed by atoms with Gasteiger partial charge in [-0.15, -0.1) is 11.3 Å². The number of thiophene rings is 1. The van der Waals surface area contributed by atoms with Crippen molar-refractivity contribution < 1.29 is 0 Å². The van der Waals surface area contributed by atoms with Gasteiger partial charge in [0.05, 0.1) is 0 Å². The number of rotatable bonds is 2. The highest BCUT2D eigenvalue weighted by Gasteiger charge is 2.07. The molecule has 0 aliphatic rings. The summed E-state index contributed by atoms with van der Waals surface area (Å²) in [5.74, 6) is 0. The summed E-state index contributed by atoms with van der Waals surface area (Å²) in [5, 5.41) is 3.38. The van der Waals surface area contributed by atoms with Crippen molar-refractivity contribution in [2.75, 3.05) is 0 Å². The molecule has 0 aliphatic carbocycles. The number of fused-ring (bicyclic) bond motifs is 1. The van der Waals surface area contributed by atoms with Crippen molar-refractivity contribution in [2.24, 2.45) is 0 Å². The Hall–Kier alpha value is -1.61. The van der Waals surface area contributed by atoms with E-state index in [4.69, 9.17) is 0 Å². The first-order valence-electron chi connectivity index (χ1n) is 5.28. The van der Waals surface area contributed by atoms with Crippen LogP contribution < -0.4 is 0 Å². The lowest BCUT2D eigenvalue weighted by molar-refractivity contribution is 1.22. The third kappa shape index (κ3) is 1.53. The summed E-state index contributed by atoms with van der Waals surface area (Å²) < 4.78 is 0. The van der Waals surface area contributed by atoms with E-state index in [-0.39, 0.29) is 0 Å². The molecule has 16 heavy (non-hydrogen) atoms. The van der Waals surface area contributed by atoms with E-state index in [0.717, 1.165) is 12.1 Å². The van der Waals surface area contributed by atoms with Crippen LogP contribution in [-0.2, 0) is 6.42 Å². The van der Waals surface area contributed by atoms with Crippen molar-refractivity contribution in [1.29, 1.82) is 0 Å². The van der Waals surface area contributed by atoms with Crippen LogP contribution in [-0.4, -0.2) is 9.97 Å². The van der Waals surface area contributed by atoms with Crippen LogP contribution in [0.1, 0.15) is 16.0 Å². The van der Waals surface area contributed by atoms with Gasteiger partial charge in [0.25, 0.3) is 0 Å². The smallest absolute Gasteiger partial charge is 0.137 e. The molecular formula is C13H12N2S. The summed E-state index contributed by atoms with van der Waals surface area (Å²) >= 11 is 1.82. The van der Waals surface area contributed by atoms with Crippen LogP contribution in [0.5, 0.6) is 0 Å². The Morgan fingerprint density at radius 1 is 1.38 bits per heavy atom. The Bertz CT molecular complexity index is 621. The molecule has 0 spiro atoms. The van der Waals surface area contributed by atoms with Gasteiger partial charge in [-0.1, -0.05) is 0 Å². The fourth-order valence-corrected chi connectivity index (χ4v) is 2.85. The Morgan fingerprint density at radius 3 is 3.12 bits per heavy atom. The van der Waals surface area contributed by atoms with Crippen LogP contribution in [0.4, 0.5) is 0 Å². The summed E-state index contributed by atoms with van der Waals surface area (Å²) in [4.78, 5) is 8.95. The molecule has 1 N–H and O–H groups in total. The van der Waals surface area contributed by atoms with Gasteiger partial charge in [0.1, 0.15) is 5.65 Å². The molecule has 3 heterocycles. The van der Waals surface area contributed by atoms with Gasteiger partial charge in [-0.25, -0.2) is 4.98 Å². The molecule has 0 atom stereocenters. The van der Waals surface area contributed by atoms with Gasteiger partial charge in [-0.2, -0.15) is 0 Å². The van der Waals surface area contributed by atoms with Gasteiger partial charge < -0.3 is 4.98 Å². The number of nitrogens with one attached hydrogen (secondary N) is 1. The topological polar surface area (TPSA) is 28.7 Å². The molecule has 3 aromatic heterocycles. The van der Waals surface area contributed by atoms with Crippen molar-refractivity contribution in [1.82, 2.24) is 9.97 Å². The van der Waals surface area contributed by atoms with Crippen LogP contribution >= 0.6 is 11.3 Å². The average molecular weight is 228 g/mol. The lowest BCUT2D eigenvalue weighted by atomic mass is 10.1. The second-order valence-corrected chi connectivity index (χ2v) is 4.92. The van der Waals surface area contributed by atoms with E-state index >= 15 is 0 Å². The monoisotopic (exact) mass is 228 g/mol. The number of aromatic nitrogens is 2. The van der Waals surface area contributed by atoms with Crippen LogP contribution in [0.15, 0.2) is 36.0 Å². The molecule has 0 saturated carbocycles. The molecule has 0 amide bonds. The Balaban J connectivity index is 2.04. The van der Waals surface area contributed by atoms with Crippen LogP contribution in [0.25, 0.3) is 11.0 Å². The number of aryl methyl sites for hydroxylation is 1. The molecule has 0 saturated heterocycles. The number of nitrogens with zero attached hydrogens (tertiary/aromatic N) is 1. The quantitative estimate of drug-likeness (QED) is 0.714. The minimum Gasteiger partial charge on any atom is -0.346 e. The zero-order valence-corrected chi connectivity index (χ0v) is 9.84. The zero-order chi connectivity index (χ0) is 11.0. The van der Waals surface area contributed by atoms with E-state index in [1.807, 2.05) is 23.6 Å². The van der Waals surface area contributed by atoms with E-state index in [1.165, 1.54) is 21.4 Å². The second-order valence-electron chi connectivity index (χ2n) is 3.92. The summed E-state index contributed by atoms with van der Waals surface area (Å²) in [5.41, 5.74) is 3.68. The van der Waals surface area contributed by atoms with Crippen LogP contribution in [0, 0.1) is 6.92 Å². The van der Waals surface area contributed by atoms with Crippen molar-refractivity contribution >= 4 is 22.4 Å². The maximum Gasteiger partial charge on any atom is 0.137 e. The molecule has 3 rings (SSSR count). The summed E-state index contributed by atoms with van der Waals surface area (Å²) in [6.45, 7) is 2.17. The molecule has 3 aromatic rings. The normalized spacial score (nSPS) is 11.1. The standard InChI is InChI=1S/C13H12N2S/c1-9-4-6-16-12(9)7-10-8-15-13-11(10)3-2-5-14-13/h2-6,8H,7H2,1H3,(H,14,15). The Kier molecular flexibility index (Phi) is 2.26. The van der Waals surface area contributed by atoms with E-state index in [0.29, 0.717) is 0 Å². The van der Waals surface area contributed by atoms with Gasteiger partial charge in [0, 0.05) is 29.1 Å². The number of H-pyrrole nitrogens is 1. The predicted molar refractivity (Wildman–Crippen MR) is 68.0 cm³/mol. The number of aromatic amines is 1. The van der Waals surface area contributed by atoms with Crippen molar-refractivity contribution in [3.8, 4) is 0 Å². The molecule has 0 fully saturated rings.